The molecule has 2 aromatic rings. The molecule has 2 atom stereocenters. The average molecular weight is 260 g/mol. The number of ether oxygens (including phenoxy) is 1. The number of rotatable bonds is 1. The summed E-state index contributed by atoms with van der Waals surface area (Å²) in [6.07, 6.45) is 0.797. The van der Waals surface area contributed by atoms with Gasteiger partial charge in [0.15, 0.2) is 0 Å². The molecule has 1 aliphatic heterocycles. The summed E-state index contributed by atoms with van der Waals surface area (Å²) in [6.45, 7) is 0. The lowest BCUT2D eigenvalue weighted by molar-refractivity contribution is 0.161. The minimum Gasteiger partial charge on any atom is -0.485 e. The Morgan fingerprint density at radius 2 is 1.78 bits per heavy atom. The maximum absolute atomic E-state index is 6.20. The van der Waals surface area contributed by atoms with Crippen molar-refractivity contribution in [2.24, 2.45) is 5.73 Å². The summed E-state index contributed by atoms with van der Waals surface area (Å²) in [5, 5.41) is 0.735. The second-order valence-corrected chi connectivity index (χ2v) is 4.97. The van der Waals surface area contributed by atoms with Crippen LogP contribution in [0.15, 0.2) is 48.5 Å². The molecule has 2 nitrogen and oxygen atoms in total. The van der Waals surface area contributed by atoms with E-state index in [1.165, 1.54) is 0 Å². The second-order valence-electron chi connectivity index (χ2n) is 4.54. The van der Waals surface area contributed by atoms with Gasteiger partial charge in [-0.25, -0.2) is 0 Å². The molecule has 0 spiro atoms. The van der Waals surface area contributed by atoms with Crippen molar-refractivity contribution in [2.45, 2.75) is 18.6 Å². The third kappa shape index (κ3) is 2.09. The van der Waals surface area contributed by atoms with Crippen molar-refractivity contribution in [2.75, 3.05) is 0 Å². The molecule has 0 fully saturated rings. The highest BCUT2D eigenvalue weighted by Gasteiger charge is 2.26. The number of fused-ring (bicyclic) bond motifs is 1. The Bertz CT molecular complexity index is 553. The number of para-hydroxylation sites is 1. The molecule has 18 heavy (non-hydrogen) atoms. The van der Waals surface area contributed by atoms with Crippen molar-refractivity contribution in [3.8, 4) is 5.75 Å². The first-order valence-corrected chi connectivity index (χ1v) is 6.38. The van der Waals surface area contributed by atoms with E-state index in [1.54, 1.807) is 0 Å². The van der Waals surface area contributed by atoms with E-state index < -0.39 is 0 Å². The minimum absolute atomic E-state index is 0.00664. The summed E-state index contributed by atoms with van der Waals surface area (Å²) in [4.78, 5) is 0. The zero-order chi connectivity index (χ0) is 12.5. The van der Waals surface area contributed by atoms with Crippen LogP contribution in [0.3, 0.4) is 0 Å². The minimum atomic E-state index is 0.00664. The van der Waals surface area contributed by atoms with Gasteiger partial charge in [0.05, 0.1) is 0 Å². The first-order chi connectivity index (χ1) is 8.74. The van der Waals surface area contributed by atoms with Crippen molar-refractivity contribution in [1.29, 1.82) is 0 Å². The van der Waals surface area contributed by atoms with Gasteiger partial charge in [0.2, 0.25) is 0 Å². The van der Waals surface area contributed by atoms with Gasteiger partial charge in [-0.05, 0) is 23.8 Å². The van der Waals surface area contributed by atoms with E-state index in [2.05, 4.69) is 0 Å². The van der Waals surface area contributed by atoms with Crippen LogP contribution in [0.5, 0.6) is 5.75 Å². The third-order valence-electron chi connectivity index (χ3n) is 3.30. The molecular formula is C15H14ClNO. The summed E-state index contributed by atoms with van der Waals surface area (Å²) < 4.78 is 6.01. The van der Waals surface area contributed by atoms with Crippen LogP contribution in [-0.2, 0) is 0 Å². The normalized spacial score (nSPS) is 22.1. The van der Waals surface area contributed by atoms with Gasteiger partial charge >= 0.3 is 0 Å². The Labute approximate surface area is 111 Å². The number of hydrogen-bond donors (Lipinski definition) is 1. The maximum atomic E-state index is 6.20. The molecule has 1 aliphatic rings. The van der Waals surface area contributed by atoms with Gasteiger partial charge in [-0.2, -0.15) is 0 Å². The molecule has 0 radical (unpaired) electrons. The van der Waals surface area contributed by atoms with Gasteiger partial charge in [0, 0.05) is 23.0 Å². The van der Waals surface area contributed by atoms with Crippen LogP contribution >= 0.6 is 11.6 Å². The lowest BCUT2D eigenvalue weighted by Crippen LogP contribution is -2.23. The van der Waals surface area contributed by atoms with Crippen molar-refractivity contribution in [3.05, 3.63) is 64.7 Å². The van der Waals surface area contributed by atoms with Gasteiger partial charge in [-0.15, -0.1) is 0 Å². The van der Waals surface area contributed by atoms with Crippen molar-refractivity contribution in [3.63, 3.8) is 0 Å². The SMILES string of the molecule is NC1CC(c2ccc(Cl)cc2)Oc2ccccc21. The Morgan fingerprint density at radius 3 is 2.56 bits per heavy atom. The second kappa shape index (κ2) is 4.63. The zero-order valence-corrected chi connectivity index (χ0v) is 10.6. The molecule has 1 heterocycles. The molecular weight excluding hydrogens is 246 g/mol. The Morgan fingerprint density at radius 1 is 1.06 bits per heavy atom. The van der Waals surface area contributed by atoms with E-state index in [1.807, 2.05) is 48.5 Å². The molecule has 2 N–H and O–H groups in total. The van der Waals surface area contributed by atoms with Gasteiger partial charge in [-0.3, -0.25) is 0 Å². The van der Waals surface area contributed by atoms with E-state index in [4.69, 9.17) is 22.1 Å². The van der Waals surface area contributed by atoms with E-state index in [0.717, 1.165) is 28.3 Å². The third-order valence-corrected chi connectivity index (χ3v) is 3.55. The number of hydrogen-bond acceptors (Lipinski definition) is 2. The lowest BCUT2D eigenvalue weighted by Gasteiger charge is -2.30. The summed E-state index contributed by atoms with van der Waals surface area (Å²) in [5.41, 5.74) is 8.40. The van der Waals surface area contributed by atoms with Gasteiger partial charge in [0.1, 0.15) is 11.9 Å². The monoisotopic (exact) mass is 259 g/mol. The van der Waals surface area contributed by atoms with Crippen LogP contribution < -0.4 is 10.5 Å². The van der Waals surface area contributed by atoms with Gasteiger partial charge in [-0.1, -0.05) is 41.9 Å². The molecule has 0 aliphatic carbocycles. The molecule has 3 heteroatoms. The zero-order valence-electron chi connectivity index (χ0n) is 9.84. The Kier molecular flexibility index (Phi) is 2.98. The highest BCUT2D eigenvalue weighted by molar-refractivity contribution is 6.30. The number of nitrogens with two attached hydrogens (primary N) is 1. The molecule has 0 amide bonds. The summed E-state index contributed by atoms with van der Waals surface area (Å²) >= 11 is 5.89. The van der Waals surface area contributed by atoms with Gasteiger partial charge in [0.25, 0.3) is 0 Å². The maximum Gasteiger partial charge on any atom is 0.126 e. The van der Waals surface area contributed by atoms with Crippen LogP contribution in [-0.4, -0.2) is 0 Å². The summed E-state index contributed by atoms with van der Waals surface area (Å²) in [5.74, 6) is 0.885. The molecule has 2 unspecified atom stereocenters. The smallest absolute Gasteiger partial charge is 0.126 e. The number of halogens is 1. The van der Waals surface area contributed by atoms with Crippen LogP contribution in [0.1, 0.15) is 29.7 Å². The lowest BCUT2D eigenvalue weighted by atomic mass is 9.94. The fourth-order valence-corrected chi connectivity index (χ4v) is 2.46. The summed E-state index contributed by atoms with van der Waals surface area (Å²) in [7, 11) is 0. The first-order valence-electron chi connectivity index (χ1n) is 6.00. The summed E-state index contributed by atoms with van der Waals surface area (Å²) in [6, 6.07) is 15.7. The topological polar surface area (TPSA) is 35.2 Å². The quantitative estimate of drug-likeness (QED) is 0.844. The Balaban J connectivity index is 1.92. The highest BCUT2D eigenvalue weighted by Crippen LogP contribution is 2.39. The van der Waals surface area contributed by atoms with Crippen molar-refractivity contribution < 1.29 is 4.74 Å². The molecule has 92 valence electrons. The van der Waals surface area contributed by atoms with E-state index in [-0.39, 0.29) is 12.1 Å². The molecule has 0 saturated heterocycles. The Hall–Kier alpha value is -1.51. The highest BCUT2D eigenvalue weighted by atomic mass is 35.5. The molecule has 0 aromatic heterocycles. The average Bonchev–Trinajstić information content (AvgIpc) is 2.39. The van der Waals surface area contributed by atoms with Crippen molar-refractivity contribution in [1.82, 2.24) is 0 Å². The number of benzene rings is 2. The molecule has 0 saturated carbocycles. The van der Waals surface area contributed by atoms with E-state index in [0.29, 0.717) is 0 Å². The van der Waals surface area contributed by atoms with Crippen LogP contribution in [0.2, 0.25) is 5.02 Å². The van der Waals surface area contributed by atoms with Crippen LogP contribution in [0.4, 0.5) is 0 Å². The fourth-order valence-electron chi connectivity index (χ4n) is 2.33. The van der Waals surface area contributed by atoms with Crippen LogP contribution in [0.25, 0.3) is 0 Å². The fraction of sp³-hybridized carbons (Fsp3) is 0.200. The van der Waals surface area contributed by atoms with E-state index >= 15 is 0 Å². The van der Waals surface area contributed by atoms with E-state index in [9.17, 15) is 0 Å². The first kappa shape index (κ1) is 11.6. The van der Waals surface area contributed by atoms with Crippen molar-refractivity contribution >= 4 is 11.6 Å². The molecule has 3 rings (SSSR count). The predicted octanol–water partition coefficient (Wildman–Crippen LogP) is 3.86. The molecule has 2 aromatic carbocycles. The standard InChI is InChI=1S/C15H14ClNO/c16-11-7-5-10(6-8-11)15-9-13(17)12-3-1-2-4-14(12)18-15/h1-8,13,15H,9,17H2. The van der Waals surface area contributed by atoms with Gasteiger partial charge < -0.3 is 10.5 Å². The molecule has 0 bridgehead atoms. The predicted molar refractivity (Wildman–Crippen MR) is 72.8 cm³/mol. The largest absolute Gasteiger partial charge is 0.485 e. The van der Waals surface area contributed by atoms with Crippen LogP contribution in [0, 0.1) is 0 Å².